The summed E-state index contributed by atoms with van der Waals surface area (Å²) in [5.41, 5.74) is 0. The van der Waals surface area contributed by atoms with Crippen LogP contribution in [0.25, 0.3) is 0 Å². The molecule has 4 unspecified atom stereocenters. The molecule has 0 radical (unpaired) electrons. The maximum atomic E-state index is 11.9. The fourth-order valence-electron chi connectivity index (χ4n) is 2.01. The third kappa shape index (κ3) is 3.44. The number of nitrogens with one attached hydrogen (secondary N) is 1. The molecule has 6 nitrogen and oxygen atoms in total. The minimum Gasteiger partial charge on any atom is -0.481 e. The second kappa shape index (κ2) is 6.17. The van der Waals surface area contributed by atoms with Crippen molar-refractivity contribution in [1.29, 1.82) is 0 Å². The van der Waals surface area contributed by atoms with Gasteiger partial charge in [-0.2, -0.15) is 0 Å². The molecule has 4 atom stereocenters. The highest BCUT2D eigenvalue weighted by atomic mass is 32.2. The molecule has 0 aliphatic carbocycles. The Bertz CT molecular complexity index is 361. The van der Waals surface area contributed by atoms with E-state index in [9.17, 15) is 13.8 Å². The van der Waals surface area contributed by atoms with Gasteiger partial charge in [0.25, 0.3) is 0 Å². The second-order valence-electron chi connectivity index (χ2n) is 4.66. The van der Waals surface area contributed by atoms with Crippen LogP contribution >= 0.6 is 0 Å². The van der Waals surface area contributed by atoms with Crippen molar-refractivity contribution >= 4 is 22.8 Å². The third-order valence-corrected chi connectivity index (χ3v) is 4.74. The van der Waals surface area contributed by atoms with E-state index in [0.29, 0.717) is 19.5 Å². The number of rotatable bonds is 4. The predicted octanol–water partition coefficient (Wildman–Crippen LogP) is 0.258. The Morgan fingerprint density at radius 1 is 1.56 bits per heavy atom. The number of hydrogen-bond donors (Lipinski definition) is 2. The molecule has 1 heterocycles. The number of likely N-dealkylation sites (tertiary alicyclic amines) is 1. The standard InChI is InChI=1S/C11H20N2O4S/c1-7(18(3)17)6-12-11(16)13-5-4-9(8(13)2)10(14)15/h7-9H,4-6H2,1-3H3,(H,12,16)(H,14,15). The van der Waals surface area contributed by atoms with Crippen molar-refractivity contribution in [2.45, 2.75) is 31.6 Å². The first-order valence-corrected chi connectivity index (χ1v) is 7.56. The summed E-state index contributed by atoms with van der Waals surface area (Å²) >= 11 is 0. The monoisotopic (exact) mass is 276 g/mol. The second-order valence-corrected chi connectivity index (χ2v) is 6.46. The molecule has 18 heavy (non-hydrogen) atoms. The van der Waals surface area contributed by atoms with Gasteiger partial charge < -0.3 is 15.3 Å². The zero-order chi connectivity index (χ0) is 13.9. The van der Waals surface area contributed by atoms with Crippen LogP contribution in [0.1, 0.15) is 20.3 Å². The summed E-state index contributed by atoms with van der Waals surface area (Å²) in [6, 6.07) is -0.575. The third-order valence-electron chi connectivity index (χ3n) is 3.44. The summed E-state index contributed by atoms with van der Waals surface area (Å²) in [6.45, 7) is 4.33. The normalized spacial score (nSPS) is 26.7. The molecule has 7 heteroatoms. The number of nitrogens with zero attached hydrogens (tertiary/aromatic N) is 1. The van der Waals surface area contributed by atoms with Crippen molar-refractivity contribution < 1.29 is 18.9 Å². The number of carboxylic acids is 1. The molecule has 0 aromatic rings. The number of carbonyl (C=O) groups is 2. The van der Waals surface area contributed by atoms with E-state index in [0.717, 1.165) is 0 Å². The first kappa shape index (κ1) is 14.9. The average molecular weight is 276 g/mol. The lowest BCUT2D eigenvalue weighted by molar-refractivity contribution is -0.142. The minimum atomic E-state index is -0.979. The summed E-state index contributed by atoms with van der Waals surface area (Å²) in [4.78, 5) is 24.3. The topological polar surface area (TPSA) is 86.7 Å². The lowest BCUT2D eigenvalue weighted by atomic mass is 10.0. The zero-order valence-electron chi connectivity index (χ0n) is 10.9. The smallest absolute Gasteiger partial charge is 0.317 e. The average Bonchev–Trinajstić information content (AvgIpc) is 2.67. The lowest BCUT2D eigenvalue weighted by Crippen LogP contribution is -2.46. The van der Waals surface area contributed by atoms with E-state index in [1.165, 1.54) is 4.90 Å². The molecule has 1 fully saturated rings. The Balaban J connectivity index is 2.49. The Morgan fingerprint density at radius 2 is 2.17 bits per heavy atom. The molecular weight excluding hydrogens is 256 g/mol. The summed E-state index contributed by atoms with van der Waals surface area (Å²) in [5, 5.41) is 11.6. The molecule has 0 bridgehead atoms. The van der Waals surface area contributed by atoms with Crippen LogP contribution in [0.2, 0.25) is 0 Å². The minimum absolute atomic E-state index is 0.109. The van der Waals surface area contributed by atoms with Crippen LogP contribution in [0.3, 0.4) is 0 Å². The quantitative estimate of drug-likeness (QED) is 0.771. The van der Waals surface area contributed by atoms with Gasteiger partial charge in [0.1, 0.15) is 0 Å². The van der Waals surface area contributed by atoms with Crippen molar-refractivity contribution in [3.63, 3.8) is 0 Å². The van der Waals surface area contributed by atoms with Gasteiger partial charge >= 0.3 is 12.0 Å². The maximum Gasteiger partial charge on any atom is 0.317 e. The summed E-state index contributed by atoms with van der Waals surface area (Å²) < 4.78 is 11.2. The molecule has 2 amide bonds. The SMILES string of the molecule is CC1C(C(=O)O)CCN1C(=O)NCC(C)S(C)=O. The molecule has 1 aliphatic rings. The largest absolute Gasteiger partial charge is 0.481 e. The van der Waals surface area contributed by atoms with Gasteiger partial charge in [-0.05, 0) is 20.3 Å². The van der Waals surface area contributed by atoms with E-state index >= 15 is 0 Å². The highest BCUT2D eigenvalue weighted by Gasteiger charge is 2.38. The van der Waals surface area contributed by atoms with Gasteiger partial charge in [-0.25, -0.2) is 4.79 Å². The molecule has 1 rings (SSSR count). The van der Waals surface area contributed by atoms with Gasteiger partial charge in [-0.15, -0.1) is 0 Å². The Kier molecular flexibility index (Phi) is 5.13. The van der Waals surface area contributed by atoms with Crippen LogP contribution in [0.15, 0.2) is 0 Å². The van der Waals surface area contributed by atoms with Crippen LogP contribution in [0, 0.1) is 5.92 Å². The highest BCUT2D eigenvalue weighted by molar-refractivity contribution is 7.84. The van der Waals surface area contributed by atoms with Crippen LogP contribution in [0.5, 0.6) is 0 Å². The van der Waals surface area contributed by atoms with Crippen molar-refractivity contribution in [2.75, 3.05) is 19.3 Å². The van der Waals surface area contributed by atoms with Gasteiger partial charge in [0.15, 0.2) is 0 Å². The molecule has 1 saturated heterocycles. The zero-order valence-corrected chi connectivity index (χ0v) is 11.7. The molecule has 0 aromatic heterocycles. The van der Waals surface area contributed by atoms with E-state index in [1.54, 1.807) is 20.1 Å². The number of aliphatic carboxylic acids is 1. The van der Waals surface area contributed by atoms with Crippen LogP contribution in [-0.2, 0) is 15.6 Å². The summed E-state index contributed by atoms with van der Waals surface area (Å²) in [6.07, 6.45) is 2.08. The Morgan fingerprint density at radius 3 is 2.61 bits per heavy atom. The van der Waals surface area contributed by atoms with Gasteiger partial charge in [-0.3, -0.25) is 9.00 Å². The van der Waals surface area contributed by atoms with Crippen molar-refractivity contribution in [2.24, 2.45) is 5.92 Å². The van der Waals surface area contributed by atoms with Crippen molar-refractivity contribution in [1.82, 2.24) is 10.2 Å². The molecule has 1 aliphatic heterocycles. The molecular formula is C11H20N2O4S. The van der Waals surface area contributed by atoms with E-state index in [2.05, 4.69) is 5.32 Å². The lowest BCUT2D eigenvalue weighted by Gasteiger charge is -2.24. The Labute approximate surface area is 109 Å². The van der Waals surface area contributed by atoms with E-state index in [-0.39, 0.29) is 17.3 Å². The number of amides is 2. The van der Waals surface area contributed by atoms with E-state index in [4.69, 9.17) is 5.11 Å². The van der Waals surface area contributed by atoms with Gasteiger partial charge in [0, 0.05) is 41.4 Å². The van der Waals surface area contributed by atoms with Gasteiger partial charge in [0.05, 0.1) is 5.92 Å². The first-order valence-electron chi connectivity index (χ1n) is 5.94. The van der Waals surface area contributed by atoms with E-state index < -0.39 is 22.7 Å². The molecule has 0 saturated carbocycles. The fraction of sp³-hybridized carbons (Fsp3) is 0.818. The molecule has 0 aromatic carbocycles. The molecule has 2 N–H and O–H groups in total. The van der Waals surface area contributed by atoms with Crippen LogP contribution < -0.4 is 5.32 Å². The van der Waals surface area contributed by atoms with Crippen LogP contribution in [-0.4, -0.2) is 56.9 Å². The maximum absolute atomic E-state index is 11.9. The number of carbonyl (C=O) groups excluding carboxylic acids is 1. The summed E-state index contributed by atoms with van der Waals surface area (Å²) in [5.74, 6) is -1.35. The number of urea groups is 1. The Hall–Kier alpha value is -1.11. The summed E-state index contributed by atoms with van der Waals surface area (Å²) in [7, 11) is -0.979. The number of hydrogen-bond acceptors (Lipinski definition) is 3. The molecule has 0 spiro atoms. The first-order chi connectivity index (χ1) is 8.34. The fourth-order valence-corrected chi connectivity index (χ4v) is 2.32. The highest BCUT2D eigenvalue weighted by Crippen LogP contribution is 2.24. The van der Waals surface area contributed by atoms with Gasteiger partial charge in [0.2, 0.25) is 0 Å². The van der Waals surface area contributed by atoms with E-state index in [1.807, 2.05) is 0 Å². The van der Waals surface area contributed by atoms with Gasteiger partial charge in [-0.1, -0.05) is 0 Å². The number of carboxylic acid groups (broad SMARTS) is 1. The van der Waals surface area contributed by atoms with Crippen LogP contribution in [0.4, 0.5) is 4.79 Å². The van der Waals surface area contributed by atoms with Crippen molar-refractivity contribution in [3.05, 3.63) is 0 Å². The predicted molar refractivity (Wildman–Crippen MR) is 68.8 cm³/mol. The molecule has 104 valence electrons. The van der Waals surface area contributed by atoms with Crippen molar-refractivity contribution in [3.8, 4) is 0 Å².